The quantitative estimate of drug-likeness (QED) is 0.656. The zero-order valence-electron chi connectivity index (χ0n) is 15.6. The van der Waals surface area contributed by atoms with Gasteiger partial charge in [0.1, 0.15) is 5.75 Å². The van der Waals surface area contributed by atoms with Crippen LogP contribution in [-0.4, -0.2) is 24.2 Å². The van der Waals surface area contributed by atoms with E-state index in [1.54, 1.807) is 13.0 Å². The normalized spacial score (nSPS) is 10.2. The minimum Gasteiger partial charge on any atom is -1.00 e. The summed E-state index contributed by atoms with van der Waals surface area (Å²) in [7, 11) is 0. The number of fused-ring (bicyclic) bond motifs is 1. The van der Waals surface area contributed by atoms with Gasteiger partial charge in [0, 0.05) is 22.5 Å². The SMILES string of the molecule is CCOC(=O)c1ccc2nc(C)cc(Nc3ccc(OCC)cc3)c2c1.[Cl-]. The molecule has 1 aromatic heterocycles. The Morgan fingerprint density at radius 1 is 1.04 bits per heavy atom. The van der Waals surface area contributed by atoms with Crippen molar-refractivity contribution in [2.75, 3.05) is 18.5 Å². The number of nitrogens with zero attached hydrogens (tertiary/aromatic N) is 1. The van der Waals surface area contributed by atoms with Crippen LogP contribution in [-0.2, 0) is 4.74 Å². The van der Waals surface area contributed by atoms with Crippen molar-refractivity contribution < 1.29 is 26.7 Å². The van der Waals surface area contributed by atoms with Gasteiger partial charge in [-0.05, 0) is 69.3 Å². The van der Waals surface area contributed by atoms with Crippen LogP contribution in [0.4, 0.5) is 11.4 Å². The first-order valence-corrected chi connectivity index (χ1v) is 8.69. The third-order valence-corrected chi connectivity index (χ3v) is 3.89. The summed E-state index contributed by atoms with van der Waals surface area (Å²) in [6, 6.07) is 15.1. The molecule has 0 unspecified atom stereocenters. The van der Waals surface area contributed by atoms with Gasteiger partial charge in [-0.2, -0.15) is 0 Å². The molecular formula is C21H22ClN2O3-. The lowest BCUT2D eigenvalue weighted by Gasteiger charge is -2.12. The molecule has 0 aliphatic rings. The van der Waals surface area contributed by atoms with E-state index in [9.17, 15) is 4.79 Å². The number of hydrogen-bond acceptors (Lipinski definition) is 5. The molecular weight excluding hydrogens is 364 g/mol. The molecule has 6 heteroatoms. The number of esters is 1. The molecule has 2 aromatic carbocycles. The number of rotatable bonds is 6. The lowest BCUT2D eigenvalue weighted by Crippen LogP contribution is -3.00. The highest BCUT2D eigenvalue weighted by molar-refractivity contribution is 5.99. The fraction of sp³-hybridized carbons (Fsp3) is 0.238. The lowest BCUT2D eigenvalue weighted by molar-refractivity contribution is -0.0000239. The minimum absolute atomic E-state index is 0. The number of nitrogens with one attached hydrogen (secondary N) is 1. The second-order valence-electron chi connectivity index (χ2n) is 5.85. The van der Waals surface area contributed by atoms with Crippen LogP contribution in [0.25, 0.3) is 10.9 Å². The number of carbonyl (C=O) groups excluding carboxylic acids is 1. The number of hydrogen-bond donors (Lipinski definition) is 1. The van der Waals surface area contributed by atoms with Gasteiger partial charge in [-0.1, -0.05) is 0 Å². The number of benzene rings is 2. The van der Waals surface area contributed by atoms with Crippen molar-refractivity contribution >= 4 is 28.2 Å². The van der Waals surface area contributed by atoms with Gasteiger partial charge in [0.15, 0.2) is 0 Å². The largest absolute Gasteiger partial charge is 1.00 e. The Morgan fingerprint density at radius 3 is 2.44 bits per heavy atom. The molecule has 0 aliphatic carbocycles. The lowest BCUT2D eigenvalue weighted by atomic mass is 10.1. The monoisotopic (exact) mass is 385 g/mol. The first-order chi connectivity index (χ1) is 12.6. The van der Waals surface area contributed by atoms with Crippen molar-refractivity contribution in [3.8, 4) is 5.75 Å². The molecule has 0 amide bonds. The summed E-state index contributed by atoms with van der Waals surface area (Å²) in [5.41, 5.74) is 4.06. The Kier molecular flexibility index (Phi) is 7.02. The zero-order chi connectivity index (χ0) is 18.5. The number of aromatic nitrogens is 1. The molecule has 3 aromatic rings. The van der Waals surface area contributed by atoms with E-state index in [0.717, 1.165) is 33.7 Å². The summed E-state index contributed by atoms with van der Waals surface area (Å²) in [5, 5.41) is 4.28. The van der Waals surface area contributed by atoms with Crippen LogP contribution < -0.4 is 22.5 Å². The van der Waals surface area contributed by atoms with E-state index in [2.05, 4.69) is 10.3 Å². The second kappa shape index (κ2) is 9.24. The average molecular weight is 386 g/mol. The Hall–Kier alpha value is -2.79. The Bertz CT molecular complexity index is 927. The number of halogens is 1. The van der Waals surface area contributed by atoms with Gasteiger partial charge in [0.05, 0.1) is 24.3 Å². The van der Waals surface area contributed by atoms with Crippen LogP contribution >= 0.6 is 0 Å². The van der Waals surface area contributed by atoms with Gasteiger partial charge in [0.25, 0.3) is 0 Å². The maximum Gasteiger partial charge on any atom is 0.338 e. The second-order valence-corrected chi connectivity index (χ2v) is 5.85. The predicted molar refractivity (Wildman–Crippen MR) is 103 cm³/mol. The van der Waals surface area contributed by atoms with Gasteiger partial charge in [0.2, 0.25) is 0 Å². The summed E-state index contributed by atoms with van der Waals surface area (Å²) in [5.74, 6) is 0.500. The summed E-state index contributed by atoms with van der Waals surface area (Å²) in [6.45, 7) is 6.68. The number of carbonyl (C=O) groups is 1. The van der Waals surface area contributed by atoms with Crippen LogP contribution in [0.2, 0.25) is 0 Å². The summed E-state index contributed by atoms with van der Waals surface area (Å²) < 4.78 is 10.6. The average Bonchev–Trinajstić information content (AvgIpc) is 2.63. The third kappa shape index (κ3) is 4.89. The van der Waals surface area contributed by atoms with Crippen LogP contribution in [0.1, 0.15) is 29.9 Å². The van der Waals surface area contributed by atoms with E-state index >= 15 is 0 Å². The first kappa shape index (κ1) is 20.5. The van der Waals surface area contributed by atoms with E-state index < -0.39 is 0 Å². The molecule has 0 spiro atoms. The molecule has 0 aliphatic heterocycles. The van der Waals surface area contributed by atoms with Crippen molar-refractivity contribution in [1.29, 1.82) is 0 Å². The van der Waals surface area contributed by atoms with E-state index in [0.29, 0.717) is 18.8 Å². The minimum atomic E-state index is -0.331. The molecule has 27 heavy (non-hydrogen) atoms. The molecule has 0 radical (unpaired) electrons. The smallest absolute Gasteiger partial charge is 0.338 e. The topological polar surface area (TPSA) is 60.5 Å². The molecule has 1 heterocycles. The standard InChI is InChI=1S/C21H22N2O3.ClH/c1-4-25-17-9-7-16(8-10-17)23-20-12-14(3)22-19-11-6-15(13-18(19)20)21(24)26-5-2;/h6-13H,4-5H2,1-3H3,(H,22,23);1H/p-1. The molecule has 3 rings (SSSR count). The third-order valence-electron chi connectivity index (χ3n) is 3.89. The molecule has 0 saturated carbocycles. The maximum absolute atomic E-state index is 12.0. The molecule has 0 saturated heterocycles. The number of aryl methyl sites for hydroxylation is 1. The van der Waals surface area contributed by atoms with Crippen molar-refractivity contribution in [1.82, 2.24) is 4.98 Å². The van der Waals surface area contributed by atoms with Gasteiger partial charge < -0.3 is 27.2 Å². The predicted octanol–water partition coefficient (Wildman–Crippen LogP) is 1.87. The van der Waals surface area contributed by atoms with Gasteiger partial charge in [-0.15, -0.1) is 0 Å². The van der Waals surface area contributed by atoms with Crippen molar-refractivity contribution in [2.45, 2.75) is 20.8 Å². The van der Waals surface area contributed by atoms with E-state index in [4.69, 9.17) is 9.47 Å². The number of ether oxygens (including phenoxy) is 2. The van der Waals surface area contributed by atoms with Gasteiger partial charge >= 0.3 is 5.97 Å². The van der Waals surface area contributed by atoms with Crippen molar-refractivity contribution in [3.05, 3.63) is 59.8 Å². The van der Waals surface area contributed by atoms with E-state index in [1.807, 2.05) is 56.3 Å². The summed E-state index contributed by atoms with van der Waals surface area (Å²) in [4.78, 5) is 16.6. The zero-order valence-corrected chi connectivity index (χ0v) is 16.3. The van der Waals surface area contributed by atoms with Crippen LogP contribution in [0.5, 0.6) is 5.75 Å². The van der Waals surface area contributed by atoms with Crippen molar-refractivity contribution in [2.24, 2.45) is 0 Å². The van der Waals surface area contributed by atoms with Gasteiger partial charge in [-0.3, -0.25) is 4.98 Å². The molecule has 5 nitrogen and oxygen atoms in total. The van der Waals surface area contributed by atoms with Crippen LogP contribution in [0, 0.1) is 6.92 Å². The first-order valence-electron chi connectivity index (χ1n) is 8.69. The molecule has 142 valence electrons. The summed E-state index contributed by atoms with van der Waals surface area (Å²) >= 11 is 0. The molecule has 0 fully saturated rings. The Balaban J connectivity index is 0.00000261. The highest BCUT2D eigenvalue weighted by Gasteiger charge is 2.11. The number of anilines is 2. The van der Waals surface area contributed by atoms with Gasteiger partial charge in [-0.25, -0.2) is 4.79 Å². The highest BCUT2D eigenvalue weighted by Crippen LogP contribution is 2.28. The van der Waals surface area contributed by atoms with Crippen LogP contribution in [0.3, 0.4) is 0 Å². The maximum atomic E-state index is 12.0. The van der Waals surface area contributed by atoms with Crippen LogP contribution in [0.15, 0.2) is 48.5 Å². The fourth-order valence-electron chi connectivity index (χ4n) is 2.76. The Labute approximate surface area is 165 Å². The van der Waals surface area contributed by atoms with Crippen molar-refractivity contribution in [3.63, 3.8) is 0 Å². The highest BCUT2D eigenvalue weighted by atomic mass is 35.5. The fourth-order valence-corrected chi connectivity index (χ4v) is 2.76. The van der Waals surface area contributed by atoms with E-state index in [1.165, 1.54) is 0 Å². The number of pyridine rings is 1. The molecule has 0 bridgehead atoms. The van der Waals surface area contributed by atoms with E-state index in [-0.39, 0.29) is 18.4 Å². The molecule has 1 N–H and O–H groups in total. The Morgan fingerprint density at radius 2 is 1.78 bits per heavy atom. The molecule has 0 atom stereocenters. The summed E-state index contributed by atoms with van der Waals surface area (Å²) in [6.07, 6.45) is 0.